The van der Waals surface area contributed by atoms with Crippen LogP contribution in [0.2, 0.25) is 0 Å². The molecule has 1 aliphatic rings. The molecule has 0 radical (unpaired) electrons. The fourth-order valence-corrected chi connectivity index (χ4v) is 2.21. The lowest BCUT2D eigenvalue weighted by molar-refractivity contribution is -0.118. The van der Waals surface area contributed by atoms with Crippen molar-refractivity contribution in [3.05, 3.63) is 23.8 Å². The van der Waals surface area contributed by atoms with Crippen molar-refractivity contribution in [2.24, 2.45) is 5.92 Å². The van der Waals surface area contributed by atoms with Gasteiger partial charge in [0.25, 0.3) is 5.91 Å². The van der Waals surface area contributed by atoms with Gasteiger partial charge in [0.15, 0.2) is 6.61 Å². The molecule has 0 bridgehead atoms. The average molecular weight is 278 g/mol. The van der Waals surface area contributed by atoms with Gasteiger partial charge in [-0.2, -0.15) is 0 Å². The Morgan fingerprint density at radius 3 is 3.00 bits per heavy atom. The molecule has 1 heterocycles. The molecule has 1 aromatic rings. The number of hydrogen-bond acceptors (Lipinski definition) is 4. The Morgan fingerprint density at radius 1 is 1.45 bits per heavy atom. The number of anilines is 1. The molecule has 0 saturated heterocycles. The molecule has 1 aliphatic heterocycles. The van der Waals surface area contributed by atoms with Gasteiger partial charge >= 0.3 is 0 Å². The summed E-state index contributed by atoms with van der Waals surface area (Å²) in [4.78, 5) is 11.3. The Morgan fingerprint density at radius 2 is 2.25 bits per heavy atom. The Hall–Kier alpha value is -1.59. The van der Waals surface area contributed by atoms with Gasteiger partial charge in [-0.1, -0.05) is 13.0 Å². The van der Waals surface area contributed by atoms with E-state index in [1.807, 2.05) is 18.2 Å². The van der Waals surface area contributed by atoms with Crippen LogP contribution in [0, 0.1) is 5.92 Å². The first kappa shape index (κ1) is 14.8. The second-order valence-electron chi connectivity index (χ2n) is 5.28. The van der Waals surface area contributed by atoms with Crippen molar-refractivity contribution in [3.8, 4) is 5.75 Å². The predicted octanol–water partition coefficient (Wildman–Crippen LogP) is 1.95. The zero-order chi connectivity index (χ0) is 14.5. The molecule has 2 unspecified atom stereocenters. The number of carbonyl (C=O) groups excluding carboxylic acids is 1. The van der Waals surface area contributed by atoms with Gasteiger partial charge < -0.3 is 20.1 Å². The van der Waals surface area contributed by atoms with E-state index in [2.05, 4.69) is 24.5 Å². The number of fused-ring (bicyclic) bond motifs is 1. The average Bonchev–Trinajstić information content (AvgIpc) is 2.44. The zero-order valence-corrected chi connectivity index (χ0v) is 12.2. The van der Waals surface area contributed by atoms with Crippen LogP contribution in [0.3, 0.4) is 0 Å². The van der Waals surface area contributed by atoms with Gasteiger partial charge in [-0.3, -0.25) is 4.79 Å². The minimum absolute atomic E-state index is 0.0919. The van der Waals surface area contributed by atoms with Crippen LogP contribution in [0.5, 0.6) is 5.75 Å². The summed E-state index contributed by atoms with van der Waals surface area (Å²) in [7, 11) is 1.71. The number of rotatable bonds is 6. The van der Waals surface area contributed by atoms with E-state index >= 15 is 0 Å². The van der Waals surface area contributed by atoms with E-state index < -0.39 is 0 Å². The highest BCUT2D eigenvalue weighted by Crippen LogP contribution is 2.30. The van der Waals surface area contributed by atoms with Crippen molar-refractivity contribution in [2.75, 3.05) is 32.2 Å². The van der Waals surface area contributed by atoms with Crippen molar-refractivity contribution in [2.45, 2.75) is 19.9 Å². The van der Waals surface area contributed by atoms with Gasteiger partial charge in [-0.25, -0.2) is 0 Å². The van der Waals surface area contributed by atoms with Gasteiger partial charge in [0.1, 0.15) is 5.75 Å². The first-order valence-corrected chi connectivity index (χ1v) is 6.89. The lowest BCUT2D eigenvalue weighted by atomic mass is 10.1. The molecule has 5 heteroatoms. The number of hydrogen-bond donors (Lipinski definition) is 2. The third kappa shape index (κ3) is 3.71. The largest absolute Gasteiger partial charge is 0.482 e. The highest BCUT2D eigenvalue weighted by molar-refractivity contribution is 5.95. The second-order valence-corrected chi connectivity index (χ2v) is 5.28. The van der Waals surface area contributed by atoms with E-state index in [0.29, 0.717) is 5.92 Å². The number of carbonyl (C=O) groups is 1. The molecule has 2 N–H and O–H groups in total. The minimum Gasteiger partial charge on any atom is -0.482 e. The van der Waals surface area contributed by atoms with Crippen LogP contribution in [0.15, 0.2) is 18.2 Å². The van der Waals surface area contributed by atoms with Gasteiger partial charge in [0.2, 0.25) is 0 Å². The standard InChI is InChI=1S/C15H22N2O3/c1-10(8-19-3)7-16-11(2)12-4-5-14-13(6-12)17-15(18)9-20-14/h4-6,10-11,16H,7-9H2,1-3H3,(H,17,18). The number of amides is 1. The van der Waals surface area contributed by atoms with Gasteiger partial charge in [0, 0.05) is 26.3 Å². The highest BCUT2D eigenvalue weighted by atomic mass is 16.5. The van der Waals surface area contributed by atoms with E-state index in [4.69, 9.17) is 9.47 Å². The van der Waals surface area contributed by atoms with Crippen LogP contribution in [-0.2, 0) is 9.53 Å². The molecule has 1 amide bonds. The van der Waals surface area contributed by atoms with Crippen LogP contribution < -0.4 is 15.4 Å². The third-order valence-corrected chi connectivity index (χ3v) is 3.36. The number of benzene rings is 1. The van der Waals surface area contributed by atoms with Crippen molar-refractivity contribution >= 4 is 11.6 Å². The molecule has 20 heavy (non-hydrogen) atoms. The monoisotopic (exact) mass is 278 g/mol. The van der Waals surface area contributed by atoms with Crippen LogP contribution >= 0.6 is 0 Å². The smallest absolute Gasteiger partial charge is 0.262 e. The third-order valence-electron chi connectivity index (χ3n) is 3.36. The van der Waals surface area contributed by atoms with Gasteiger partial charge in [-0.15, -0.1) is 0 Å². The van der Waals surface area contributed by atoms with Gasteiger partial charge in [0.05, 0.1) is 5.69 Å². The molecule has 0 fully saturated rings. The molecular formula is C15H22N2O3. The van der Waals surface area contributed by atoms with E-state index in [0.717, 1.165) is 30.2 Å². The van der Waals surface area contributed by atoms with Crippen molar-refractivity contribution < 1.29 is 14.3 Å². The number of ether oxygens (including phenoxy) is 2. The fourth-order valence-electron chi connectivity index (χ4n) is 2.21. The number of nitrogens with one attached hydrogen (secondary N) is 2. The minimum atomic E-state index is -0.107. The Labute approximate surface area is 119 Å². The molecule has 110 valence electrons. The van der Waals surface area contributed by atoms with Crippen molar-refractivity contribution in [1.29, 1.82) is 0 Å². The molecule has 2 rings (SSSR count). The van der Waals surface area contributed by atoms with Crippen LogP contribution in [-0.4, -0.2) is 32.8 Å². The van der Waals surface area contributed by atoms with E-state index in [-0.39, 0.29) is 18.6 Å². The predicted molar refractivity (Wildman–Crippen MR) is 78.0 cm³/mol. The van der Waals surface area contributed by atoms with Gasteiger partial charge in [-0.05, 0) is 30.5 Å². The van der Waals surface area contributed by atoms with Crippen molar-refractivity contribution in [1.82, 2.24) is 5.32 Å². The Balaban J connectivity index is 1.98. The maximum absolute atomic E-state index is 11.3. The summed E-state index contributed by atoms with van der Waals surface area (Å²) < 4.78 is 10.5. The quantitative estimate of drug-likeness (QED) is 0.835. The summed E-state index contributed by atoms with van der Waals surface area (Å²) in [6.45, 7) is 5.97. The SMILES string of the molecule is COCC(C)CNC(C)c1ccc2c(c1)NC(=O)CO2. The molecule has 0 spiro atoms. The molecule has 2 atom stereocenters. The summed E-state index contributed by atoms with van der Waals surface area (Å²) in [6, 6.07) is 6.10. The molecular weight excluding hydrogens is 256 g/mol. The zero-order valence-electron chi connectivity index (χ0n) is 12.2. The topological polar surface area (TPSA) is 59.6 Å². The lowest BCUT2D eigenvalue weighted by Gasteiger charge is -2.22. The van der Waals surface area contributed by atoms with E-state index in [1.54, 1.807) is 7.11 Å². The summed E-state index contributed by atoms with van der Waals surface area (Å²) in [6.07, 6.45) is 0. The van der Waals surface area contributed by atoms with E-state index in [9.17, 15) is 4.79 Å². The molecule has 5 nitrogen and oxygen atoms in total. The summed E-state index contributed by atoms with van der Waals surface area (Å²) in [5.74, 6) is 1.08. The molecule has 0 aliphatic carbocycles. The summed E-state index contributed by atoms with van der Waals surface area (Å²) in [5, 5.41) is 6.30. The second kappa shape index (κ2) is 6.72. The summed E-state index contributed by atoms with van der Waals surface area (Å²) >= 11 is 0. The van der Waals surface area contributed by atoms with Crippen LogP contribution in [0.1, 0.15) is 25.5 Å². The van der Waals surface area contributed by atoms with Crippen molar-refractivity contribution in [3.63, 3.8) is 0 Å². The fraction of sp³-hybridized carbons (Fsp3) is 0.533. The maximum Gasteiger partial charge on any atom is 0.262 e. The van der Waals surface area contributed by atoms with Crippen LogP contribution in [0.25, 0.3) is 0 Å². The molecule has 1 aromatic carbocycles. The highest BCUT2D eigenvalue weighted by Gasteiger charge is 2.17. The lowest BCUT2D eigenvalue weighted by Crippen LogP contribution is -2.28. The normalized spacial score (nSPS) is 16.9. The first-order chi connectivity index (χ1) is 9.60. The molecule has 0 saturated carbocycles. The number of methoxy groups -OCH3 is 1. The van der Waals surface area contributed by atoms with Crippen LogP contribution in [0.4, 0.5) is 5.69 Å². The Bertz CT molecular complexity index is 476. The van der Waals surface area contributed by atoms with E-state index in [1.165, 1.54) is 0 Å². The summed E-state index contributed by atoms with van der Waals surface area (Å²) in [5.41, 5.74) is 1.87. The molecule has 0 aromatic heterocycles. The maximum atomic E-state index is 11.3. The first-order valence-electron chi connectivity index (χ1n) is 6.89. The Kier molecular flexibility index (Phi) is 4.98.